The van der Waals surface area contributed by atoms with E-state index in [9.17, 15) is 9.59 Å². The molecule has 0 saturated heterocycles. The Balaban J connectivity index is 1.35. The van der Waals surface area contributed by atoms with Gasteiger partial charge in [-0.15, -0.1) is 0 Å². The number of hydrogen-bond acceptors (Lipinski definition) is 4. The van der Waals surface area contributed by atoms with Gasteiger partial charge in [-0.2, -0.15) is 0 Å². The van der Waals surface area contributed by atoms with Crippen LogP contribution in [0.1, 0.15) is 19.3 Å². The molecule has 0 saturated carbocycles. The van der Waals surface area contributed by atoms with Crippen LogP contribution in [-0.2, 0) is 9.59 Å². The Bertz CT molecular complexity index is 1040. The van der Waals surface area contributed by atoms with Crippen LogP contribution in [-0.4, -0.2) is 73.8 Å². The van der Waals surface area contributed by atoms with Gasteiger partial charge in [0.25, 0.3) is 11.8 Å². The summed E-state index contributed by atoms with van der Waals surface area (Å²) in [6, 6.07) is 6.13. The minimum atomic E-state index is -0.152. The number of nitrogens with zero attached hydrogens (tertiary/aromatic N) is 2. The molecule has 1 aromatic heterocycles. The van der Waals surface area contributed by atoms with Gasteiger partial charge in [-0.05, 0) is 30.6 Å². The van der Waals surface area contributed by atoms with E-state index in [1.165, 1.54) is 4.90 Å². The zero-order valence-electron chi connectivity index (χ0n) is 20.4. The first-order valence-corrected chi connectivity index (χ1v) is 13.1. The molecule has 2 atom stereocenters. The van der Waals surface area contributed by atoms with E-state index in [-0.39, 0.29) is 23.8 Å². The average Bonchev–Trinajstić information content (AvgIpc) is 2.82. The number of thioether (sulfide) groups is 1. The Kier molecular flexibility index (Phi) is 7.86. The van der Waals surface area contributed by atoms with E-state index in [1.807, 2.05) is 36.6 Å². The molecule has 0 bridgehead atoms. The first kappa shape index (κ1) is 24.6. The van der Waals surface area contributed by atoms with Gasteiger partial charge in [0.2, 0.25) is 5.03 Å². The lowest BCUT2D eigenvalue weighted by Crippen LogP contribution is -2.48. The molecule has 0 fully saturated rings. The lowest BCUT2D eigenvalue weighted by atomic mass is 9.74. The van der Waals surface area contributed by atoms with Gasteiger partial charge < -0.3 is 9.80 Å². The number of allylic oxidation sites excluding steroid dienone is 2. The number of hydrogen-bond donors (Lipinski definition) is 1. The number of quaternary nitrogens is 1. The maximum Gasteiger partial charge on any atom is 0.261 e. The standard InChI is InChI=1S/C27H35N4O2S/c1-31(2,3)18-9-16-28-23-14-13-22-25-20(23)10-8-11-21(25)26(32)30(27(22)33)17-6-7-19-34-24-12-4-5-15-29-24/h4-5,8,10-15,20,23,28H,6-7,9,16-19H2,1-3H3/q+1/p+1. The van der Waals surface area contributed by atoms with E-state index in [0.717, 1.165) is 53.2 Å². The van der Waals surface area contributed by atoms with Crippen molar-refractivity contribution in [3.8, 4) is 0 Å². The molecular weight excluding hydrogens is 444 g/mol. The Labute approximate surface area is 207 Å². The fourth-order valence-electron chi connectivity index (χ4n) is 4.67. The number of rotatable bonds is 11. The van der Waals surface area contributed by atoms with Crippen molar-refractivity contribution in [2.24, 2.45) is 5.92 Å². The molecular formula is C27H36N4O2S+2. The van der Waals surface area contributed by atoms with Crippen molar-refractivity contribution in [1.29, 1.82) is 0 Å². The summed E-state index contributed by atoms with van der Waals surface area (Å²) in [6.07, 6.45) is 14.7. The highest BCUT2D eigenvalue weighted by Gasteiger charge is 2.42. The normalized spacial score (nSPS) is 21.7. The van der Waals surface area contributed by atoms with Crippen molar-refractivity contribution < 1.29 is 19.1 Å². The average molecular weight is 481 g/mol. The molecule has 3 aliphatic rings. The predicted octanol–water partition coefficient (Wildman–Crippen LogP) is 2.78. The van der Waals surface area contributed by atoms with E-state index >= 15 is 0 Å². The highest BCUT2D eigenvalue weighted by atomic mass is 32.2. The summed E-state index contributed by atoms with van der Waals surface area (Å²) < 4.78 is 0.940. The van der Waals surface area contributed by atoms with Gasteiger partial charge >= 0.3 is 0 Å². The molecule has 7 heteroatoms. The Morgan fingerprint density at radius 3 is 2.71 bits per heavy atom. The highest BCUT2D eigenvalue weighted by Crippen LogP contribution is 2.39. The van der Waals surface area contributed by atoms with Crippen molar-refractivity contribution >= 4 is 23.6 Å². The molecule has 1 aliphatic heterocycles. The van der Waals surface area contributed by atoms with Crippen LogP contribution in [0.3, 0.4) is 0 Å². The maximum absolute atomic E-state index is 13.3. The highest BCUT2D eigenvalue weighted by molar-refractivity contribution is 7.99. The molecule has 2 unspecified atom stereocenters. The summed E-state index contributed by atoms with van der Waals surface area (Å²) in [5, 5.41) is 4.76. The fraction of sp³-hybridized carbons (Fsp3) is 0.444. The number of carbonyl (C=O) groups is 2. The third kappa shape index (κ3) is 5.77. The lowest BCUT2D eigenvalue weighted by Gasteiger charge is -2.38. The van der Waals surface area contributed by atoms with Gasteiger partial charge in [-0.3, -0.25) is 14.5 Å². The van der Waals surface area contributed by atoms with Gasteiger partial charge in [0.05, 0.1) is 27.7 Å². The third-order valence-corrected chi connectivity index (χ3v) is 7.46. The molecule has 2 heterocycles. The number of amides is 2. The number of nitrogens with one attached hydrogen (secondary N) is 2. The molecule has 2 N–H and O–H groups in total. The summed E-state index contributed by atoms with van der Waals surface area (Å²) in [6.45, 7) is 2.46. The summed E-state index contributed by atoms with van der Waals surface area (Å²) in [5.74, 6) is 0.666. The summed E-state index contributed by atoms with van der Waals surface area (Å²) in [7, 11) is 6.60. The molecule has 2 aliphatic carbocycles. The summed E-state index contributed by atoms with van der Waals surface area (Å²) >= 11 is 1.76. The van der Waals surface area contributed by atoms with Crippen molar-refractivity contribution in [1.82, 2.24) is 10.2 Å². The van der Waals surface area contributed by atoms with Crippen molar-refractivity contribution in [2.45, 2.75) is 30.3 Å². The topological polar surface area (TPSA) is 63.6 Å². The molecule has 1 aromatic rings. The van der Waals surface area contributed by atoms with Gasteiger partial charge in [-0.1, -0.05) is 36.1 Å². The number of pyridine rings is 1. The molecule has 180 valence electrons. The predicted molar refractivity (Wildman–Crippen MR) is 136 cm³/mol. The molecule has 0 radical (unpaired) electrons. The minimum Gasteiger partial charge on any atom is -0.331 e. The summed E-state index contributed by atoms with van der Waals surface area (Å²) in [4.78, 5) is 31.2. The zero-order valence-corrected chi connectivity index (χ0v) is 21.2. The van der Waals surface area contributed by atoms with E-state index in [0.29, 0.717) is 17.7 Å². The molecule has 0 spiro atoms. The number of carbonyl (C=O) groups excluding carboxylic acids is 2. The van der Waals surface area contributed by atoms with Crippen molar-refractivity contribution in [2.75, 3.05) is 46.5 Å². The second kappa shape index (κ2) is 10.8. The van der Waals surface area contributed by atoms with Gasteiger partial charge in [0, 0.05) is 60.5 Å². The molecule has 4 rings (SSSR count). The monoisotopic (exact) mass is 480 g/mol. The Morgan fingerprint density at radius 2 is 1.94 bits per heavy atom. The van der Waals surface area contributed by atoms with Crippen LogP contribution in [0.2, 0.25) is 0 Å². The second-order valence-electron chi connectivity index (χ2n) is 10.1. The van der Waals surface area contributed by atoms with Crippen LogP contribution in [0.5, 0.6) is 0 Å². The van der Waals surface area contributed by atoms with E-state index in [1.54, 1.807) is 11.8 Å². The molecule has 34 heavy (non-hydrogen) atoms. The first-order valence-electron chi connectivity index (χ1n) is 12.2. The lowest BCUT2D eigenvalue weighted by molar-refractivity contribution is -0.870. The van der Waals surface area contributed by atoms with Crippen LogP contribution in [0, 0.1) is 5.92 Å². The van der Waals surface area contributed by atoms with Crippen molar-refractivity contribution in [3.05, 3.63) is 71.5 Å². The minimum absolute atomic E-state index is 0.0256. The molecule has 2 amide bonds. The maximum atomic E-state index is 13.3. The van der Waals surface area contributed by atoms with Crippen LogP contribution >= 0.6 is 11.8 Å². The Hall–Kier alpha value is -2.48. The van der Waals surface area contributed by atoms with Crippen LogP contribution in [0.25, 0.3) is 0 Å². The Morgan fingerprint density at radius 1 is 1.09 bits per heavy atom. The number of imide groups is 1. The second-order valence-corrected chi connectivity index (χ2v) is 11.2. The number of aromatic nitrogens is 1. The number of unbranched alkanes of at least 4 members (excludes halogenated alkanes) is 1. The van der Waals surface area contributed by atoms with E-state index in [4.69, 9.17) is 0 Å². The fourth-order valence-corrected chi connectivity index (χ4v) is 5.56. The zero-order chi connectivity index (χ0) is 24.1. The summed E-state index contributed by atoms with van der Waals surface area (Å²) in [5.41, 5.74) is 2.26. The quantitative estimate of drug-likeness (QED) is 0.229. The van der Waals surface area contributed by atoms with Gasteiger partial charge in [0.1, 0.15) is 0 Å². The van der Waals surface area contributed by atoms with Gasteiger partial charge in [-0.25, -0.2) is 4.98 Å². The van der Waals surface area contributed by atoms with E-state index in [2.05, 4.69) is 49.7 Å². The van der Waals surface area contributed by atoms with Crippen LogP contribution in [0.15, 0.2) is 76.5 Å². The van der Waals surface area contributed by atoms with Crippen LogP contribution in [0.4, 0.5) is 0 Å². The van der Waals surface area contributed by atoms with E-state index < -0.39 is 0 Å². The third-order valence-electron chi connectivity index (χ3n) is 6.40. The van der Waals surface area contributed by atoms with Gasteiger partial charge in [0.15, 0.2) is 6.20 Å². The largest absolute Gasteiger partial charge is 0.331 e. The molecule has 0 aromatic carbocycles. The smallest absolute Gasteiger partial charge is 0.261 e. The van der Waals surface area contributed by atoms with Crippen LogP contribution < -0.4 is 10.3 Å². The van der Waals surface area contributed by atoms with Crippen molar-refractivity contribution in [3.63, 3.8) is 0 Å². The number of aromatic amines is 1. The SMILES string of the molecule is C[N+](C)(C)CCCNC1C=CC2=C3C(=CC=CC31)C(=O)N(CCCCSc1cccc[nH+]1)C2=O. The molecule has 6 nitrogen and oxygen atoms in total. The first-order chi connectivity index (χ1) is 16.3. The number of H-pyrrole nitrogens is 1.